The van der Waals surface area contributed by atoms with Gasteiger partial charge in [-0.3, -0.25) is 4.79 Å². The maximum Gasteiger partial charge on any atom is 0.261 e. The molecule has 5 nitrogen and oxygen atoms in total. The fraction of sp³-hybridized carbons (Fsp3) is 0.182. The number of carbonyl (C=O) groups excluding carboxylic acids is 1. The molecule has 4 aromatic rings. The van der Waals surface area contributed by atoms with E-state index in [4.69, 9.17) is 4.74 Å². The molecule has 1 amide bonds. The van der Waals surface area contributed by atoms with Crippen molar-refractivity contribution in [1.29, 1.82) is 0 Å². The van der Waals surface area contributed by atoms with Crippen molar-refractivity contribution in [2.75, 3.05) is 13.2 Å². The zero-order valence-corrected chi connectivity index (χ0v) is 16.2. The molecular formula is C22H21N3O2S. The molecule has 1 aromatic carbocycles. The summed E-state index contributed by atoms with van der Waals surface area (Å²) in [5.74, 6) is -0.0484. The summed E-state index contributed by atoms with van der Waals surface area (Å²) in [6.07, 6.45) is 4.38. The zero-order valence-electron chi connectivity index (χ0n) is 15.4. The van der Waals surface area contributed by atoms with Gasteiger partial charge in [-0.2, -0.15) is 0 Å². The molecule has 6 heteroatoms. The predicted molar refractivity (Wildman–Crippen MR) is 112 cm³/mol. The molecule has 0 aliphatic rings. The van der Waals surface area contributed by atoms with Gasteiger partial charge < -0.3 is 15.0 Å². The third-order valence-electron chi connectivity index (χ3n) is 4.53. The lowest BCUT2D eigenvalue weighted by atomic mass is 10.0. The Kier molecular flexibility index (Phi) is 5.80. The first-order valence-electron chi connectivity index (χ1n) is 9.18. The zero-order chi connectivity index (χ0) is 19.2. The van der Waals surface area contributed by atoms with Crippen LogP contribution >= 0.6 is 11.3 Å². The molecule has 0 spiro atoms. The highest BCUT2D eigenvalue weighted by Crippen LogP contribution is 2.24. The van der Waals surface area contributed by atoms with Crippen molar-refractivity contribution in [3.63, 3.8) is 0 Å². The Balaban J connectivity index is 1.32. The summed E-state index contributed by atoms with van der Waals surface area (Å²) < 4.78 is 5.63. The number of fused-ring (bicyclic) bond motifs is 1. The Bertz CT molecular complexity index is 1060. The van der Waals surface area contributed by atoms with Crippen molar-refractivity contribution >= 4 is 28.3 Å². The molecule has 28 heavy (non-hydrogen) atoms. The van der Waals surface area contributed by atoms with Crippen molar-refractivity contribution in [2.24, 2.45) is 0 Å². The van der Waals surface area contributed by atoms with Crippen LogP contribution in [0.25, 0.3) is 11.0 Å². The van der Waals surface area contributed by atoms with Crippen LogP contribution < -0.4 is 5.32 Å². The van der Waals surface area contributed by atoms with Crippen molar-refractivity contribution in [2.45, 2.75) is 13.0 Å². The maximum atomic E-state index is 12.6. The van der Waals surface area contributed by atoms with Crippen LogP contribution in [0.4, 0.5) is 0 Å². The summed E-state index contributed by atoms with van der Waals surface area (Å²) in [7, 11) is 0. The van der Waals surface area contributed by atoms with E-state index >= 15 is 0 Å². The Morgan fingerprint density at radius 2 is 2.00 bits per heavy atom. The molecule has 0 saturated carbocycles. The summed E-state index contributed by atoms with van der Waals surface area (Å²) in [6.45, 7) is 1.52. The number of benzene rings is 1. The van der Waals surface area contributed by atoms with Crippen molar-refractivity contribution in [3.8, 4) is 0 Å². The number of pyridine rings is 1. The maximum absolute atomic E-state index is 12.6. The minimum Gasteiger partial charge on any atom is -0.375 e. The summed E-state index contributed by atoms with van der Waals surface area (Å²) >= 11 is 1.47. The summed E-state index contributed by atoms with van der Waals surface area (Å²) in [5.41, 5.74) is 4.18. The monoisotopic (exact) mass is 391 g/mol. The lowest BCUT2D eigenvalue weighted by Gasteiger charge is -2.08. The van der Waals surface area contributed by atoms with E-state index in [1.807, 2.05) is 60.1 Å². The molecule has 0 radical (unpaired) electrons. The average Bonchev–Trinajstić information content (AvgIpc) is 3.38. The molecule has 2 N–H and O–H groups in total. The number of aromatic nitrogens is 2. The number of hydrogen-bond acceptors (Lipinski definition) is 4. The number of thiophene rings is 1. The highest BCUT2D eigenvalue weighted by Gasteiger charge is 2.14. The standard InChI is InChI=1S/C22H21N3O2S/c26-22(25-11-12-27-15-16-4-2-1-3-5-16)20-18(8-13-28-20)14-17-6-9-23-21-19(17)7-10-24-21/h1-10,13H,11-12,14-15H2,(H,23,24)(H,25,26). The third-order valence-corrected chi connectivity index (χ3v) is 5.48. The van der Waals surface area contributed by atoms with E-state index in [0.29, 0.717) is 26.2 Å². The van der Waals surface area contributed by atoms with Gasteiger partial charge >= 0.3 is 0 Å². The number of carbonyl (C=O) groups is 1. The van der Waals surface area contributed by atoms with E-state index in [2.05, 4.69) is 15.3 Å². The van der Waals surface area contributed by atoms with E-state index in [1.54, 1.807) is 6.20 Å². The van der Waals surface area contributed by atoms with E-state index < -0.39 is 0 Å². The van der Waals surface area contributed by atoms with Gasteiger partial charge in [0.2, 0.25) is 0 Å². The second kappa shape index (κ2) is 8.82. The summed E-state index contributed by atoms with van der Waals surface area (Å²) in [4.78, 5) is 20.8. The van der Waals surface area contributed by atoms with Crippen molar-refractivity contribution in [3.05, 3.63) is 87.9 Å². The minimum atomic E-state index is -0.0484. The van der Waals surface area contributed by atoms with Gasteiger partial charge in [-0.25, -0.2) is 4.98 Å². The highest BCUT2D eigenvalue weighted by atomic mass is 32.1. The molecule has 0 aliphatic carbocycles. The van der Waals surface area contributed by atoms with Gasteiger partial charge in [-0.1, -0.05) is 30.3 Å². The number of aromatic amines is 1. The Hall–Kier alpha value is -2.96. The first-order chi connectivity index (χ1) is 13.8. The van der Waals surface area contributed by atoms with Crippen LogP contribution in [0, 0.1) is 0 Å². The molecule has 0 unspecified atom stereocenters. The number of nitrogens with one attached hydrogen (secondary N) is 2. The Morgan fingerprint density at radius 1 is 1.11 bits per heavy atom. The first-order valence-corrected chi connectivity index (χ1v) is 10.1. The van der Waals surface area contributed by atoms with Gasteiger partial charge in [-0.05, 0) is 46.7 Å². The van der Waals surface area contributed by atoms with Crippen LogP contribution in [0.3, 0.4) is 0 Å². The molecule has 3 aromatic heterocycles. The number of rotatable bonds is 8. The molecule has 0 bridgehead atoms. The van der Waals surface area contributed by atoms with Crippen molar-refractivity contribution in [1.82, 2.24) is 15.3 Å². The Morgan fingerprint density at radius 3 is 2.89 bits per heavy atom. The topological polar surface area (TPSA) is 67.0 Å². The van der Waals surface area contributed by atoms with E-state index in [0.717, 1.165) is 32.6 Å². The molecule has 0 atom stereocenters. The molecular weight excluding hydrogens is 370 g/mol. The first kappa shape index (κ1) is 18.4. The number of amides is 1. The van der Waals surface area contributed by atoms with Gasteiger partial charge in [0.15, 0.2) is 0 Å². The largest absolute Gasteiger partial charge is 0.375 e. The van der Waals surface area contributed by atoms with Crippen LogP contribution in [-0.4, -0.2) is 29.0 Å². The quantitative estimate of drug-likeness (QED) is 0.443. The van der Waals surface area contributed by atoms with Gasteiger partial charge in [0, 0.05) is 24.3 Å². The van der Waals surface area contributed by atoms with Gasteiger partial charge in [0.1, 0.15) is 5.65 Å². The molecule has 0 fully saturated rings. The second-order valence-electron chi connectivity index (χ2n) is 6.46. The van der Waals surface area contributed by atoms with E-state index in [9.17, 15) is 4.79 Å². The molecule has 3 heterocycles. The summed E-state index contributed by atoms with van der Waals surface area (Å²) in [6, 6.07) is 16.1. The molecule has 142 valence electrons. The highest BCUT2D eigenvalue weighted by molar-refractivity contribution is 7.12. The van der Waals surface area contributed by atoms with Gasteiger partial charge in [0.25, 0.3) is 5.91 Å². The molecule has 0 saturated heterocycles. The van der Waals surface area contributed by atoms with Crippen LogP contribution in [0.15, 0.2) is 66.3 Å². The number of hydrogen-bond donors (Lipinski definition) is 2. The lowest BCUT2D eigenvalue weighted by molar-refractivity contribution is 0.0904. The third kappa shape index (κ3) is 4.30. The minimum absolute atomic E-state index is 0.0484. The van der Waals surface area contributed by atoms with Gasteiger partial charge in [0.05, 0.1) is 18.1 Å². The van der Waals surface area contributed by atoms with Crippen LogP contribution in [0.1, 0.15) is 26.4 Å². The SMILES string of the molecule is O=C(NCCOCc1ccccc1)c1sccc1Cc1ccnc2[nH]ccc12. The fourth-order valence-corrected chi connectivity index (χ4v) is 3.97. The van der Waals surface area contributed by atoms with E-state index in [1.165, 1.54) is 11.3 Å². The summed E-state index contributed by atoms with van der Waals surface area (Å²) in [5, 5.41) is 6.01. The normalized spacial score (nSPS) is 11.0. The molecule has 4 rings (SSSR count). The predicted octanol–water partition coefficient (Wildman–Crippen LogP) is 4.16. The van der Waals surface area contributed by atoms with Crippen LogP contribution in [-0.2, 0) is 17.8 Å². The molecule has 0 aliphatic heterocycles. The second-order valence-corrected chi connectivity index (χ2v) is 7.37. The van der Waals surface area contributed by atoms with E-state index in [-0.39, 0.29) is 5.91 Å². The average molecular weight is 391 g/mol. The lowest BCUT2D eigenvalue weighted by Crippen LogP contribution is -2.27. The number of H-pyrrole nitrogens is 1. The number of ether oxygens (including phenoxy) is 1. The van der Waals surface area contributed by atoms with Crippen LogP contribution in [0.2, 0.25) is 0 Å². The van der Waals surface area contributed by atoms with Gasteiger partial charge in [-0.15, -0.1) is 11.3 Å². The Labute approximate surface area is 167 Å². The number of nitrogens with zero attached hydrogens (tertiary/aromatic N) is 1. The van der Waals surface area contributed by atoms with Crippen LogP contribution in [0.5, 0.6) is 0 Å². The van der Waals surface area contributed by atoms with Crippen molar-refractivity contribution < 1.29 is 9.53 Å². The smallest absolute Gasteiger partial charge is 0.261 e. The fourth-order valence-electron chi connectivity index (χ4n) is 3.13.